The normalized spacial score (nSPS) is 11.5. The lowest BCUT2D eigenvalue weighted by Crippen LogP contribution is -2.11. The summed E-state index contributed by atoms with van der Waals surface area (Å²) in [6.45, 7) is -0.124. The first-order valence-corrected chi connectivity index (χ1v) is 3.84. The van der Waals surface area contributed by atoms with Gasteiger partial charge in [-0.1, -0.05) is 0 Å². The largest absolute Gasteiger partial charge is 0.478 e. The second-order valence-corrected chi connectivity index (χ2v) is 2.50. The molecule has 0 aromatic carbocycles. The van der Waals surface area contributed by atoms with Gasteiger partial charge in [0.15, 0.2) is 5.56 Å². The minimum Gasteiger partial charge on any atom is -0.478 e. The highest BCUT2D eigenvalue weighted by Gasteiger charge is 2.41. The van der Waals surface area contributed by atoms with Gasteiger partial charge in [0, 0.05) is 7.11 Å². The van der Waals surface area contributed by atoms with Gasteiger partial charge in [-0.15, -0.1) is 0 Å². The number of halogens is 3. The SMILES string of the molecule is COCNc1onc(OC)c1C(F)(F)F. The van der Waals surface area contributed by atoms with E-state index in [1.807, 2.05) is 0 Å². The lowest BCUT2D eigenvalue weighted by atomic mass is 10.3. The van der Waals surface area contributed by atoms with Crippen LogP contribution in [0.4, 0.5) is 19.1 Å². The third-order valence-corrected chi connectivity index (χ3v) is 1.51. The second-order valence-electron chi connectivity index (χ2n) is 2.50. The maximum Gasteiger partial charge on any atom is 0.426 e. The number of rotatable bonds is 4. The Kier molecular flexibility index (Phi) is 3.40. The lowest BCUT2D eigenvalue weighted by molar-refractivity contribution is -0.138. The molecule has 0 saturated carbocycles. The standard InChI is InChI=1S/C7H9F3N2O3/c1-13-3-11-5-4(7(8,9)10)6(14-2)12-15-5/h11H,3H2,1-2H3. The molecule has 0 unspecified atom stereocenters. The zero-order chi connectivity index (χ0) is 11.5. The van der Waals surface area contributed by atoms with E-state index in [2.05, 4.69) is 24.5 Å². The molecule has 1 heterocycles. The van der Waals surface area contributed by atoms with Gasteiger partial charge in [0.2, 0.25) is 5.88 Å². The molecule has 15 heavy (non-hydrogen) atoms. The van der Waals surface area contributed by atoms with Gasteiger partial charge >= 0.3 is 6.18 Å². The van der Waals surface area contributed by atoms with Gasteiger partial charge in [-0.25, -0.2) is 0 Å². The number of alkyl halides is 3. The molecule has 0 fully saturated rings. The molecule has 86 valence electrons. The van der Waals surface area contributed by atoms with Crippen molar-refractivity contribution >= 4 is 5.88 Å². The van der Waals surface area contributed by atoms with E-state index in [1.165, 1.54) is 7.11 Å². The van der Waals surface area contributed by atoms with Crippen LogP contribution in [0.2, 0.25) is 0 Å². The quantitative estimate of drug-likeness (QED) is 0.792. The van der Waals surface area contributed by atoms with Crippen molar-refractivity contribution in [2.75, 3.05) is 26.3 Å². The molecule has 1 aromatic rings. The van der Waals surface area contributed by atoms with Crippen molar-refractivity contribution in [3.8, 4) is 5.88 Å². The molecule has 0 aliphatic carbocycles. The van der Waals surface area contributed by atoms with Gasteiger partial charge in [-0.05, 0) is 5.16 Å². The average Bonchev–Trinajstić information content (AvgIpc) is 2.56. The molecule has 0 radical (unpaired) electrons. The van der Waals surface area contributed by atoms with E-state index in [4.69, 9.17) is 0 Å². The van der Waals surface area contributed by atoms with Crippen LogP contribution in [-0.4, -0.2) is 26.1 Å². The fourth-order valence-corrected chi connectivity index (χ4v) is 0.923. The van der Waals surface area contributed by atoms with Gasteiger partial charge in [-0.3, -0.25) is 0 Å². The van der Waals surface area contributed by atoms with Crippen LogP contribution in [0.3, 0.4) is 0 Å². The summed E-state index contributed by atoms with van der Waals surface area (Å²) in [5.41, 5.74) is -1.08. The highest BCUT2D eigenvalue weighted by molar-refractivity contribution is 5.48. The zero-order valence-electron chi connectivity index (χ0n) is 8.01. The Bertz CT molecular complexity index is 324. The summed E-state index contributed by atoms with van der Waals surface area (Å²) >= 11 is 0. The van der Waals surface area contributed by atoms with Crippen LogP contribution < -0.4 is 10.1 Å². The highest BCUT2D eigenvalue weighted by Crippen LogP contribution is 2.40. The molecular weight excluding hydrogens is 217 g/mol. The Hall–Kier alpha value is -1.44. The van der Waals surface area contributed by atoms with Crippen LogP contribution in [0.1, 0.15) is 5.56 Å². The van der Waals surface area contributed by atoms with Crippen LogP contribution in [0.15, 0.2) is 4.52 Å². The van der Waals surface area contributed by atoms with E-state index in [-0.39, 0.29) is 6.73 Å². The van der Waals surface area contributed by atoms with Gasteiger partial charge in [0.1, 0.15) is 6.73 Å². The summed E-state index contributed by atoms with van der Waals surface area (Å²) < 4.78 is 50.9. The third-order valence-electron chi connectivity index (χ3n) is 1.51. The summed E-state index contributed by atoms with van der Waals surface area (Å²) in [4.78, 5) is 0. The Balaban J connectivity index is 3.01. The number of nitrogens with one attached hydrogen (secondary N) is 1. The maximum absolute atomic E-state index is 12.5. The van der Waals surface area contributed by atoms with Gasteiger partial charge in [0.25, 0.3) is 5.88 Å². The van der Waals surface area contributed by atoms with Gasteiger partial charge in [0.05, 0.1) is 7.11 Å². The van der Waals surface area contributed by atoms with Crippen LogP contribution >= 0.6 is 0 Å². The fourth-order valence-electron chi connectivity index (χ4n) is 0.923. The van der Waals surface area contributed by atoms with Gasteiger partial charge < -0.3 is 19.3 Å². The molecule has 0 spiro atoms. The van der Waals surface area contributed by atoms with Crippen LogP contribution in [0, 0.1) is 0 Å². The minimum atomic E-state index is -4.60. The summed E-state index contributed by atoms with van der Waals surface area (Å²) in [6, 6.07) is 0. The van der Waals surface area contributed by atoms with E-state index >= 15 is 0 Å². The molecule has 5 nitrogen and oxygen atoms in total. The third kappa shape index (κ3) is 2.52. The second kappa shape index (κ2) is 4.39. The molecule has 1 rings (SSSR count). The minimum absolute atomic E-state index is 0.124. The molecule has 8 heteroatoms. The average molecular weight is 226 g/mol. The van der Waals surface area contributed by atoms with Crippen molar-refractivity contribution in [1.29, 1.82) is 0 Å². The first kappa shape index (κ1) is 11.6. The smallest absolute Gasteiger partial charge is 0.426 e. The maximum atomic E-state index is 12.5. The Morgan fingerprint density at radius 2 is 2.07 bits per heavy atom. The molecular formula is C7H9F3N2O3. The Labute approximate surface area is 83.1 Å². The van der Waals surface area contributed by atoms with E-state index in [0.717, 1.165) is 7.11 Å². The van der Waals surface area contributed by atoms with Crippen molar-refractivity contribution in [2.24, 2.45) is 0 Å². The summed E-state index contributed by atoms with van der Waals surface area (Å²) in [5, 5.41) is 5.39. The van der Waals surface area contributed by atoms with Crippen LogP contribution in [0.25, 0.3) is 0 Å². The molecule has 1 aromatic heterocycles. The number of methoxy groups -OCH3 is 2. The molecule has 0 atom stereocenters. The molecule has 0 aliphatic heterocycles. The van der Waals surface area contributed by atoms with E-state index in [1.54, 1.807) is 0 Å². The van der Waals surface area contributed by atoms with Gasteiger partial charge in [-0.2, -0.15) is 13.2 Å². The van der Waals surface area contributed by atoms with Crippen molar-refractivity contribution in [3.63, 3.8) is 0 Å². The zero-order valence-corrected chi connectivity index (χ0v) is 8.01. The Morgan fingerprint density at radius 3 is 2.53 bits per heavy atom. The molecule has 1 N–H and O–H groups in total. The summed E-state index contributed by atoms with van der Waals surface area (Å²) in [6.07, 6.45) is -4.60. The summed E-state index contributed by atoms with van der Waals surface area (Å²) in [5.74, 6) is -1.14. The predicted octanol–water partition coefficient (Wildman–Crippen LogP) is 1.72. The van der Waals surface area contributed by atoms with Crippen molar-refractivity contribution < 1.29 is 27.2 Å². The topological polar surface area (TPSA) is 56.5 Å². The molecule has 0 bridgehead atoms. The fraction of sp³-hybridized carbons (Fsp3) is 0.571. The Morgan fingerprint density at radius 1 is 1.40 bits per heavy atom. The van der Waals surface area contributed by atoms with Crippen molar-refractivity contribution in [3.05, 3.63) is 5.56 Å². The number of ether oxygens (including phenoxy) is 2. The van der Waals surface area contributed by atoms with Crippen molar-refractivity contribution in [2.45, 2.75) is 6.18 Å². The monoisotopic (exact) mass is 226 g/mol. The summed E-state index contributed by atoms with van der Waals surface area (Å²) in [7, 11) is 2.40. The molecule has 0 saturated heterocycles. The molecule has 0 amide bonds. The lowest BCUT2D eigenvalue weighted by Gasteiger charge is -2.07. The highest BCUT2D eigenvalue weighted by atomic mass is 19.4. The number of aromatic nitrogens is 1. The van der Waals surface area contributed by atoms with Crippen molar-refractivity contribution in [1.82, 2.24) is 5.16 Å². The first-order valence-electron chi connectivity index (χ1n) is 3.84. The van der Waals surface area contributed by atoms with E-state index < -0.39 is 23.5 Å². The first-order chi connectivity index (χ1) is 7.00. The van der Waals surface area contributed by atoms with Crippen LogP contribution in [0.5, 0.6) is 5.88 Å². The van der Waals surface area contributed by atoms with E-state index in [0.29, 0.717) is 0 Å². The number of anilines is 1. The van der Waals surface area contributed by atoms with Crippen LogP contribution in [-0.2, 0) is 10.9 Å². The number of hydrogen-bond acceptors (Lipinski definition) is 5. The predicted molar refractivity (Wildman–Crippen MR) is 43.6 cm³/mol. The number of nitrogens with zero attached hydrogens (tertiary/aromatic N) is 1. The number of hydrogen-bond donors (Lipinski definition) is 1. The van der Waals surface area contributed by atoms with E-state index in [9.17, 15) is 13.2 Å². The molecule has 0 aliphatic rings.